The number of benzene rings is 1. The van der Waals surface area contributed by atoms with Crippen LogP contribution in [0, 0.1) is 5.82 Å². The van der Waals surface area contributed by atoms with Gasteiger partial charge in [0.05, 0.1) is 4.47 Å². The molecule has 3 N–H and O–H groups in total. The second-order valence-corrected chi connectivity index (χ2v) is 4.90. The lowest BCUT2D eigenvalue weighted by molar-refractivity contribution is -0.116. The predicted octanol–water partition coefficient (Wildman–Crippen LogP) is 3.04. The number of nitrogens with one attached hydrogen (secondary N) is 1. The van der Waals surface area contributed by atoms with Crippen molar-refractivity contribution in [3.63, 3.8) is 0 Å². The fourth-order valence-electron chi connectivity index (χ4n) is 1.38. The van der Waals surface area contributed by atoms with Crippen LogP contribution in [0.3, 0.4) is 0 Å². The van der Waals surface area contributed by atoms with Crippen LogP contribution in [0.1, 0.15) is 26.2 Å². The molecule has 1 aromatic carbocycles. The van der Waals surface area contributed by atoms with Crippen molar-refractivity contribution in [3.05, 3.63) is 28.5 Å². The standard InChI is InChI=1S/C12H16BrFN2O/c1-8(15)3-2-4-12(17)16-9-5-6-11(14)10(13)7-9/h5-8H,2-4,15H2,1H3,(H,16,17). The van der Waals surface area contributed by atoms with Crippen molar-refractivity contribution in [1.82, 2.24) is 0 Å². The Morgan fingerprint density at radius 3 is 2.88 bits per heavy atom. The molecule has 0 aliphatic heterocycles. The molecule has 17 heavy (non-hydrogen) atoms. The lowest BCUT2D eigenvalue weighted by atomic mass is 10.1. The quantitative estimate of drug-likeness (QED) is 0.878. The molecule has 1 amide bonds. The van der Waals surface area contributed by atoms with Crippen molar-refractivity contribution in [1.29, 1.82) is 0 Å². The number of carbonyl (C=O) groups is 1. The predicted molar refractivity (Wildman–Crippen MR) is 70.2 cm³/mol. The van der Waals surface area contributed by atoms with Gasteiger partial charge in [-0.2, -0.15) is 0 Å². The third-order valence-corrected chi connectivity index (χ3v) is 2.87. The highest BCUT2D eigenvalue weighted by Crippen LogP contribution is 2.20. The summed E-state index contributed by atoms with van der Waals surface area (Å²) in [6, 6.07) is 4.49. The molecule has 0 aromatic heterocycles. The van der Waals surface area contributed by atoms with Crippen LogP contribution in [-0.4, -0.2) is 11.9 Å². The molecule has 1 aromatic rings. The van der Waals surface area contributed by atoms with Crippen LogP contribution in [0.2, 0.25) is 0 Å². The lowest BCUT2D eigenvalue weighted by Gasteiger charge is -2.07. The maximum Gasteiger partial charge on any atom is 0.224 e. The first-order valence-electron chi connectivity index (χ1n) is 5.49. The molecular formula is C12H16BrFN2O. The van der Waals surface area contributed by atoms with Gasteiger partial charge in [0.25, 0.3) is 0 Å². The van der Waals surface area contributed by atoms with Crippen LogP contribution in [0.5, 0.6) is 0 Å². The normalized spacial score (nSPS) is 12.2. The number of amides is 1. The molecule has 0 aliphatic carbocycles. The molecule has 5 heteroatoms. The van der Waals surface area contributed by atoms with Crippen LogP contribution in [0.15, 0.2) is 22.7 Å². The van der Waals surface area contributed by atoms with Crippen molar-refractivity contribution < 1.29 is 9.18 Å². The summed E-state index contributed by atoms with van der Waals surface area (Å²) in [6.07, 6.45) is 2.00. The number of anilines is 1. The van der Waals surface area contributed by atoms with Crippen LogP contribution >= 0.6 is 15.9 Å². The largest absolute Gasteiger partial charge is 0.328 e. The molecule has 1 rings (SSSR count). The topological polar surface area (TPSA) is 55.1 Å². The summed E-state index contributed by atoms with van der Waals surface area (Å²) >= 11 is 3.06. The van der Waals surface area contributed by atoms with E-state index in [1.807, 2.05) is 6.92 Å². The second kappa shape index (κ2) is 6.71. The van der Waals surface area contributed by atoms with Gasteiger partial charge in [0.15, 0.2) is 0 Å². The average molecular weight is 303 g/mol. The van der Waals surface area contributed by atoms with Gasteiger partial charge in [-0.25, -0.2) is 4.39 Å². The first kappa shape index (κ1) is 14.1. The maximum atomic E-state index is 13.0. The van der Waals surface area contributed by atoms with Gasteiger partial charge in [0, 0.05) is 18.2 Å². The molecule has 94 valence electrons. The van der Waals surface area contributed by atoms with E-state index in [9.17, 15) is 9.18 Å². The summed E-state index contributed by atoms with van der Waals surface area (Å²) < 4.78 is 13.3. The van der Waals surface area contributed by atoms with Crippen molar-refractivity contribution in [3.8, 4) is 0 Å². The van der Waals surface area contributed by atoms with E-state index in [0.29, 0.717) is 16.6 Å². The maximum absolute atomic E-state index is 13.0. The Balaban J connectivity index is 2.42. The SMILES string of the molecule is CC(N)CCCC(=O)Nc1ccc(F)c(Br)c1. The number of halogens is 2. The number of nitrogens with two attached hydrogens (primary N) is 1. The van der Waals surface area contributed by atoms with E-state index < -0.39 is 0 Å². The molecule has 0 bridgehead atoms. The van der Waals surface area contributed by atoms with Crippen LogP contribution < -0.4 is 11.1 Å². The molecule has 0 saturated carbocycles. The van der Waals surface area contributed by atoms with Gasteiger partial charge in [-0.3, -0.25) is 4.79 Å². The second-order valence-electron chi connectivity index (χ2n) is 4.05. The van der Waals surface area contributed by atoms with Crippen molar-refractivity contribution in [2.24, 2.45) is 5.73 Å². The summed E-state index contributed by atoms with van der Waals surface area (Å²) in [4.78, 5) is 11.5. The lowest BCUT2D eigenvalue weighted by Crippen LogP contribution is -2.16. The first-order chi connectivity index (χ1) is 7.99. The third-order valence-electron chi connectivity index (χ3n) is 2.27. The Kier molecular flexibility index (Phi) is 5.58. The van der Waals surface area contributed by atoms with E-state index in [1.54, 1.807) is 6.07 Å². The summed E-state index contributed by atoms with van der Waals surface area (Å²) in [7, 11) is 0. The van der Waals surface area contributed by atoms with Crippen LogP contribution in [0.25, 0.3) is 0 Å². The Bertz CT molecular complexity index is 396. The molecular weight excluding hydrogens is 287 g/mol. The van der Waals surface area contributed by atoms with E-state index in [-0.39, 0.29) is 17.8 Å². The molecule has 0 saturated heterocycles. The summed E-state index contributed by atoms with van der Waals surface area (Å²) in [5, 5.41) is 2.71. The fraction of sp³-hybridized carbons (Fsp3) is 0.417. The molecule has 0 heterocycles. The van der Waals surface area contributed by atoms with Gasteiger partial charge in [0.2, 0.25) is 5.91 Å². The Labute approximate surface area is 109 Å². The van der Waals surface area contributed by atoms with Gasteiger partial charge >= 0.3 is 0 Å². The first-order valence-corrected chi connectivity index (χ1v) is 6.29. The van der Waals surface area contributed by atoms with Crippen LogP contribution in [-0.2, 0) is 4.79 Å². The summed E-state index contributed by atoms with van der Waals surface area (Å²) in [5.74, 6) is -0.427. The average Bonchev–Trinajstić information content (AvgIpc) is 2.23. The Hall–Kier alpha value is -0.940. The highest BCUT2D eigenvalue weighted by molar-refractivity contribution is 9.10. The van der Waals surface area contributed by atoms with Gasteiger partial charge in [0.1, 0.15) is 5.82 Å². The Morgan fingerprint density at radius 1 is 1.59 bits per heavy atom. The minimum absolute atomic E-state index is 0.0795. The molecule has 0 aliphatic rings. The highest BCUT2D eigenvalue weighted by Gasteiger charge is 2.05. The Morgan fingerprint density at radius 2 is 2.29 bits per heavy atom. The third kappa shape index (κ3) is 5.28. The molecule has 0 radical (unpaired) electrons. The number of rotatable bonds is 5. The molecule has 0 fully saturated rings. The zero-order chi connectivity index (χ0) is 12.8. The fourth-order valence-corrected chi connectivity index (χ4v) is 1.76. The van der Waals surface area contributed by atoms with Crippen molar-refractivity contribution >= 4 is 27.5 Å². The molecule has 1 unspecified atom stereocenters. The van der Waals surface area contributed by atoms with Gasteiger partial charge in [-0.15, -0.1) is 0 Å². The van der Waals surface area contributed by atoms with E-state index in [0.717, 1.165) is 12.8 Å². The number of hydrogen-bond acceptors (Lipinski definition) is 2. The van der Waals surface area contributed by atoms with E-state index >= 15 is 0 Å². The van der Waals surface area contributed by atoms with Crippen molar-refractivity contribution in [2.45, 2.75) is 32.2 Å². The monoisotopic (exact) mass is 302 g/mol. The van der Waals surface area contributed by atoms with E-state index in [4.69, 9.17) is 5.73 Å². The zero-order valence-corrected chi connectivity index (χ0v) is 11.3. The minimum Gasteiger partial charge on any atom is -0.328 e. The summed E-state index contributed by atoms with van der Waals surface area (Å²) in [6.45, 7) is 1.91. The summed E-state index contributed by atoms with van der Waals surface area (Å²) in [5.41, 5.74) is 6.18. The minimum atomic E-state index is -0.347. The van der Waals surface area contributed by atoms with Gasteiger partial charge < -0.3 is 11.1 Å². The zero-order valence-electron chi connectivity index (χ0n) is 9.67. The van der Waals surface area contributed by atoms with Gasteiger partial charge in [-0.1, -0.05) is 0 Å². The van der Waals surface area contributed by atoms with E-state index in [2.05, 4.69) is 21.2 Å². The number of carbonyl (C=O) groups excluding carboxylic acids is 1. The highest BCUT2D eigenvalue weighted by atomic mass is 79.9. The molecule has 3 nitrogen and oxygen atoms in total. The van der Waals surface area contributed by atoms with E-state index in [1.165, 1.54) is 12.1 Å². The number of hydrogen-bond donors (Lipinski definition) is 2. The molecule has 0 spiro atoms. The van der Waals surface area contributed by atoms with Gasteiger partial charge in [-0.05, 0) is 53.9 Å². The van der Waals surface area contributed by atoms with Crippen LogP contribution in [0.4, 0.5) is 10.1 Å². The molecule has 1 atom stereocenters. The smallest absolute Gasteiger partial charge is 0.224 e. The van der Waals surface area contributed by atoms with Crippen molar-refractivity contribution in [2.75, 3.05) is 5.32 Å².